The Hall–Kier alpha value is -0.360. The molecule has 0 saturated heterocycles. The van der Waals surface area contributed by atoms with Crippen molar-refractivity contribution in [2.45, 2.75) is 6.30 Å². The Kier molecular flexibility index (Phi) is 3.14. The van der Waals surface area contributed by atoms with E-state index in [4.69, 9.17) is 46.4 Å². The minimum absolute atomic E-state index is 0.0707. The van der Waals surface area contributed by atoms with Crippen LogP contribution in [0, 0.1) is 0 Å². The molecule has 0 aliphatic rings. The second-order valence-electron chi connectivity index (χ2n) is 3.04. The van der Waals surface area contributed by atoms with E-state index < -0.39 is 11.8 Å². The lowest BCUT2D eigenvalue weighted by Gasteiger charge is -2.10. The number of fused-ring (bicyclic) bond motifs is 1. The predicted molar refractivity (Wildman–Crippen MR) is 61.1 cm³/mol. The number of alkyl halides is 3. The van der Waals surface area contributed by atoms with Crippen LogP contribution in [0.2, 0.25) is 20.1 Å². The summed E-state index contributed by atoms with van der Waals surface area (Å²) in [5.41, 5.74) is -0.568. The van der Waals surface area contributed by atoms with E-state index in [-0.39, 0.29) is 30.2 Å². The minimum atomic E-state index is -4.67. The van der Waals surface area contributed by atoms with Gasteiger partial charge in [-0.1, -0.05) is 46.4 Å². The van der Waals surface area contributed by atoms with Crippen molar-refractivity contribution in [3.8, 4) is 0 Å². The molecule has 0 N–H and O–H groups in total. The van der Waals surface area contributed by atoms with Crippen molar-refractivity contribution in [3.05, 3.63) is 26.4 Å². The molecule has 2 nitrogen and oxygen atoms in total. The topological polar surface area (TPSA) is 17.8 Å². The number of nitrogens with zero attached hydrogens (tertiary/aromatic N) is 2. The molecule has 2 rings (SSSR count). The monoisotopic (exact) mass is 322 g/mol. The highest BCUT2D eigenvalue weighted by molar-refractivity contribution is 6.54. The summed E-state index contributed by atoms with van der Waals surface area (Å²) in [6, 6.07) is 0. The van der Waals surface area contributed by atoms with Crippen molar-refractivity contribution >= 4 is 57.4 Å². The maximum Gasteiger partial charge on any atom is 0.490 e. The number of aromatic nitrogens is 2. The zero-order chi connectivity index (χ0) is 13.0. The Balaban J connectivity index is 2.96. The molecule has 0 saturated carbocycles. The first kappa shape index (κ1) is 13.1. The number of halogens is 7. The van der Waals surface area contributed by atoms with Crippen LogP contribution in [-0.4, -0.2) is 9.55 Å². The van der Waals surface area contributed by atoms with Gasteiger partial charge in [0.25, 0.3) is 0 Å². The Morgan fingerprint density at radius 1 is 0.941 bits per heavy atom. The molecule has 9 heteroatoms. The van der Waals surface area contributed by atoms with Gasteiger partial charge in [0.05, 0.1) is 25.6 Å². The summed E-state index contributed by atoms with van der Waals surface area (Å²) in [5.74, 6) is 0. The molecule has 1 aromatic carbocycles. The van der Waals surface area contributed by atoms with Crippen LogP contribution in [-0.2, 0) is 6.30 Å². The van der Waals surface area contributed by atoms with E-state index in [1.807, 2.05) is 0 Å². The van der Waals surface area contributed by atoms with Crippen LogP contribution < -0.4 is 0 Å². The summed E-state index contributed by atoms with van der Waals surface area (Å²) >= 11 is 22.9. The van der Waals surface area contributed by atoms with Crippen molar-refractivity contribution in [2.75, 3.05) is 0 Å². The molecular weight excluding hydrogens is 323 g/mol. The van der Waals surface area contributed by atoms with Crippen molar-refractivity contribution < 1.29 is 13.2 Å². The average molecular weight is 324 g/mol. The van der Waals surface area contributed by atoms with Gasteiger partial charge in [-0.15, -0.1) is 13.2 Å². The molecule has 1 aromatic heterocycles. The highest BCUT2D eigenvalue weighted by Gasteiger charge is 2.34. The van der Waals surface area contributed by atoms with Gasteiger partial charge < -0.3 is 0 Å². The van der Waals surface area contributed by atoms with E-state index >= 15 is 0 Å². The second-order valence-corrected chi connectivity index (χ2v) is 4.55. The molecule has 0 unspecified atom stereocenters. The number of rotatable bonds is 0. The van der Waals surface area contributed by atoms with E-state index in [9.17, 15) is 13.2 Å². The fourth-order valence-electron chi connectivity index (χ4n) is 1.31. The molecule has 1 heterocycles. The Labute approximate surface area is 113 Å². The highest BCUT2D eigenvalue weighted by atomic mass is 35.5. The summed E-state index contributed by atoms with van der Waals surface area (Å²) in [5, 5.41) is -0.875. The lowest BCUT2D eigenvalue weighted by molar-refractivity contribution is -0.201. The summed E-state index contributed by atoms with van der Waals surface area (Å²) in [4.78, 5) is 3.53. The summed E-state index contributed by atoms with van der Waals surface area (Å²) in [6.07, 6.45) is -4.10. The molecule has 0 amide bonds. The molecule has 17 heavy (non-hydrogen) atoms. The van der Waals surface area contributed by atoms with Gasteiger partial charge in [0.15, 0.2) is 0 Å². The molecule has 0 fully saturated rings. The van der Waals surface area contributed by atoms with Gasteiger partial charge in [-0.3, -0.25) is 0 Å². The molecule has 0 aliphatic heterocycles. The largest absolute Gasteiger partial charge is 0.490 e. The fraction of sp³-hybridized carbons (Fsp3) is 0.125. The SMILES string of the molecule is FC(F)(F)n1cnc2c(Cl)c(Cl)c(Cl)c(Cl)c21. The van der Waals surface area contributed by atoms with Crippen molar-refractivity contribution in [2.24, 2.45) is 0 Å². The molecule has 0 spiro atoms. The minimum Gasteiger partial charge on any atom is -0.239 e. The Morgan fingerprint density at radius 3 is 2.00 bits per heavy atom. The summed E-state index contributed by atoms with van der Waals surface area (Å²) in [7, 11) is 0. The smallest absolute Gasteiger partial charge is 0.239 e. The third-order valence-corrected chi connectivity index (χ3v) is 3.82. The van der Waals surface area contributed by atoms with Crippen LogP contribution in [0.4, 0.5) is 13.2 Å². The Morgan fingerprint density at radius 2 is 1.47 bits per heavy atom. The quantitative estimate of drug-likeness (QED) is 0.485. The maximum absolute atomic E-state index is 12.6. The van der Waals surface area contributed by atoms with Gasteiger partial charge in [0.2, 0.25) is 0 Å². The third-order valence-electron chi connectivity index (χ3n) is 2.03. The van der Waals surface area contributed by atoms with Gasteiger partial charge in [0.1, 0.15) is 11.8 Å². The summed E-state index contributed by atoms with van der Waals surface area (Å²) in [6.45, 7) is 0. The molecular formula is C8HCl4F3N2. The predicted octanol–water partition coefficient (Wildman–Crippen LogP) is 5.13. The molecule has 0 bridgehead atoms. The number of benzene rings is 1. The molecule has 0 atom stereocenters. The maximum atomic E-state index is 12.6. The zero-order valence-corrected chi connectivity index (χ0v) is 10.6. The van der Waals surface area contributed by atoms with Crippen molar-refractivity contribution in [1.82, 2.24) is 9.55 Å². The van der Waals surface area contributed by atoms with Crippen LogP contribution in [0.15, 0.2) is 6.33 Å². The lowest BCUT2D eigenvalue weighted by Crippen LogP contribution is -2.15. The van der Waals surface area contributed by atoms with E-state index in [1.165, 1.54) is 0 Å². The zero-order valence-electron chi connectivity index (χ0n) is 7.62. The van der Waals surface area contributed by atoms with Crippen molar-refractivity contribution in [3.63, 3.8) is 0 Å². The number of hydrogen-bond donors (Lipinski definition) is 0. The molecule has 92 valence electrons. The Bertz CT molecular complexity index is 605. The van der Waals surface area contributed by atoms with Crippen LogP contribution in [0.1, 0.15) is 0 Å². The van der Waals surface area contributed by atoms with Gasteiger partial charge >= 0.3 is 6.30 Å². The average Bonchev–Trinajstić information content (AvgIpc) is 2.67. The third kappa shape index (κ3) is 1.95. The van der Waals surface area contributed by atoms with Crippen LogP contribution >= 0.6 is 46.4 Å². The number of hydrogen-bond acceptors (Lipinski definition) is 1. The second kappa shape index (κ2) is 4.09. The molecule has 0 radical (unpaired) electrons. The van der Waals surface area contributed by atoms with Crippen molar-refractivity contribution in [1.29, 1.82) is 0 Å². The summed E-state index contributed by atoms with van der Waals surface area (Å²) < 4.78 is 37.9. The van der Waals surface area contributed by atoms with Crippen LogP contribution in [0.5, 0.6) is 0 Å². The standard InChI is InChI=1S/C8HCl4F3N2/c9-2-3(10)5(12)7-6(4(2)11)16-1-17(7)8(13,14)15/h1H. The van der Waals surface area contributed by atoms with E-state index in [0.717, 1.165) is 0 Å². The van der Waals surface area contributed by atoms with Gasteiger partial charge in [-0.05, 0) is 0 Å². The van der Waals surface area contributed by atoms with E-state index in [1.54, 1.807) is 0 Å². The fourth-order valence-corrected chi connectivity index (χ4v) is 2.28. The first-order chi connectivity index (χ1) is 7.75. The normalized spacial score (nSPS) is 12.4. The molecule has 2 aromatic rings. The number of imidazole rings is 1. The first-order valence-electron chi connectivity index (χ1n) is 4.01. The lowest BCUT2D eigenvalue weighted by atomic mass is 10.3. The van der Waals surface area contributed by atoms with Gasteiger partial charge in [0, 0.05) is 0 Å². The van der Waals surface area contributed by atoms with E-state index in [0.29, 0.717) is 6.33 Å². The highest BCUT2D eigenvalue weighted by Crippen LogP contribution is 2.44. The van der Waals surface area contributed by atoms with Crippen LogP contribution in [0.3, 0.4) is 0 Å². The van der Waals surface area contributed by atoms with E-state index in [2.05, 4.69) is 4.98 Å². The first-order valence-corrected chi connectivity index (χ1v) is 5.52. The van der Waals surface area contributed by atoms with Gasteiger partial charge in [-0.25, -0.2) is 9.55 Å². The van der Waals surface area contributed by atoms with Crippen LogP contribution in [0.25, 0.3) is 11.0 Å². The molecule has 0 aliphatic carbocycles. The van der Waals surface area contributed by atoms with Gasteiger partial charge in [-0.2, -0.15) is 0 Å².